The summed E-state index contributed by atoms with van der Waals surface area (Å²) in [6, 6.07) is 10.5. The number of anilines is 1. The number of esters is 1. The van der Waals surface area contributed by atoms with E-state index in [-0.39, 0.29) is 11.3 Å². The predicted octanol–water partition coefficient (Wildman–Crippen LogP) is 2.64. The molecule has 0 atom stereocenters. The van der Waals surface area contributed by atoms with Crippen molar-refractivity contribution in [2.45, 2.75) is 0 Å². The number of ether oxygens (including phenoxy) is 3. The Hall–Kier alpha value is -3.09. The maximum atomic E-state index is 13.8. The monoisotopic (exact) mass is 333 g/mol. The third-order valence-electron chi connectivity index (χ3n) is 3.11. The summed E-state index contributed by atoms with van der Waals surface area (Å²) in [6.07, 6.45) is 0. The summed E-state index contributed by atoms with van der Waals surface area (Å²) < 4.78 is 28.5. The van der Waals surface area contributed by atoms with Gasteiger partial charge >= 0.3 is 5.97 Å². The fraction of sp³-hybridized carbons (Fsp3) is 0.176. The molecule has 7 heteroatoms. The van der Waals surface area contributed by atoms with E-state index in [2.05, 4.69) is 5.32 Å². The summed E-state index contributed by atoms with van der Waals surface area (Å²) in [5.41, 5.74) is 0.164. The molecule has 0 aromatic heterocycles. The summed E-state index contributed by atoms with van der Waals surface area (Å²) in [6.45, 7) is -0.553. The van der Waals surface area contributed by atoms with E-state index >= 15 is 0 Å². The van der Waals surface area contributed by atoms with E-state index in [4.69, 9.17) is 14.2 Å². The van der Waals surface area contributed by atoms with E-state index in [1.165, 1.54) is 26.4 Å². The normalized spacial score (nSPS) is 9.96. The summed E-state index contributed by atoms with van der Waals surface area (Å²) in [5.74, 6) is -1.55. The molecule has 6 nitrogen and oxygen atoms in total. The lowest BCUT2D eigenvalue weighted by Gasteiger charge is -2.10. The van der Waals surface area contributed by atoms with Gasteiger partial charge in [0.05, 0.1) is 25.5 Å². The Morgan fingerprint density at radius 3 is 2.50 bits per heavy atom. The van der Waals surface area contributed by atoms with E-state index in [0.717, 1.165) is 6.07 Å². The third-order valence-corrected chi connectivity index (χ3v) is 3.11. The summed E-state index contributed by atoms with van der Waals surface area (Å²) in [4.78, 5) is 23.7. The van der Waals surface area contributed by atoms with Crippen LogP contribution in [0.1, 0.15) is 10.4 Å². The van der Waals surface area contributed by atoms with Gasteiger partial charge in [0.25, 0.3) is 5.91 Å². The van der Waals surface area contributed by atoms with Crippen molar-refractivity contribution in [1.82, 2.24) is 0 Å². The quantitative estimate of drug-likeness (QED) is 0.823. The van der Waals surface area contributed by atoms with E-state index in [0.29, 0.717) is 11.4 Å². The molecule has 0 spiro atoms. The number of halogens is 1. The van der Waals surface area contributed by atoms with Crippen LogP contribution in [-0.4, -0.2) is 32.7 Å². The molecular weight excluding hydrogens is 317 g/mol. The van der Waals surface area contributed by atoms with Crippen LogP contribution in [0.25, 0.3) is 0 Å². The molecule has 0 aliphatic heterocycles. The minimum atomic E-state index is -0.940. The molecule has 0 aliphatic carbocycles. The Morgan fingerprint density at radius 2 is 1.83 bits per heavy atom. The Morgan fingerprint density at radius 1 is 1.08 bits per heavy atom. The van der Waals surface area contributed by atoms with E-state index in [1.807, 2.05) is 0 Å². The molecule has 126 valence electrons. The van der Waals surface area contributed by atoms with E-state index < -0.39 is 24.3 Å². The molecule has 1 N–H and O–H groups in total. The third kappa shape index (κ3) is 4.22. The van der Waals surface area contributed by atoms with Gasteiger partial charge in [-0.2, -0.15) is 0 Å². The molecule has 0 unspecified atom stereocenters. The Balaban J connectivity index is 1.95. The zero-order chi connectivity index (χ0) is 17.5. The molecule has 0 aliphatic rings. The molecule has 1 amide bonds. The lowest BCUT2D eigenvalue weighted by Crippen LogP contribution is -2.21. The molecule has 0 saturated carbocycles. The van der Waals surface area contributed by atoms with Crippen LogP contribution in [0.15, 0.2) is 42.5 Å². The second kappa shape index (κ2) is 7.96. The Bertz CT molecular complexity index is 748. The van der Waals surface area contributed by atoms with Crippen molar-refractivity contribution in [1.29, 1.82) is 0 Å². The van der Waals surface area contributed by atoms with Gasteiger partial charge in [0.2, 0.25) is 0 Å². The van der Waals surface area contributed by atoms with Gasteiger partial charge in [-0.15, -0.1) is 0 Å². The van der Waals surface area contributed by atoms with Crippen LogP contribution in [0.4, 0.5) is 10.1 Å². The van der Waals surface area contributed by atoms with E-state index in [9.17, 15) is 14.0 Å². The van der Waals surface area contributed by atoms with Gasteiger partial charge in [0.1, 0.15) is 17.3 Å². The van der Waals surface area contributed by atoms with Crippen LogP contribution in [0.2, 0.25) is 0 Å². The number of nitrogens with one attached hydrogen (secondary N) is 1. The molecule has 0 saturated heterocycles. The van der Waals surface area contributed by atoms with Crippen molar-refractivity contribution in [3.8, 4) is 11.5 Å². The highest BCUT2D eigenvalue weighted by atomic mass is 19.1. The van der Waals surface area contributed by atoms with Gasteiger partial charge in [0, 0.05) is 6.07 Å². The van der Waals surface area contributed by atoms with Gasteiger partial charge in [0.15, 0.2) is 6.61 Å². The first-order valence-electron chi connectivity index (χ1n) is 6.98. The van der Waals surface area contributed by atoms with Gasteiger partial charge in [-0.3, -0.25) is 4.79 Å². The Kier molecular flexibility index (Phi) is 5.73. The minimum absolute atomic E-state index is 0.276. The van der Waals surface area contributed by atoms with Crippen LogP contribution >= 0.6 is 0 Å². The fourth-order valence-corrected chi connectivity index (χ4v) is 1.93. The number of benzene rings is 2. The maximum absolute atomic E-state index is 13.8. The number of rotatable bonds is 6. The highest BCUT2D eigenvalue weighted by molar-refractivity contribution is 5.96. The molecule has 0 bridgehead atoms. The summed E-state index contributed by atoms with van der Waals surface area (Å²) >= 11 is 0. The lowest BCUT2D eigenvalue weighted by molar-refractivity contribution is -0.119. The van der Waals surface area contributed by atoms with Crippen molar-refractivity contribution in [3.05, 3.63) is 53.8 Å². The number of methoxy groups -OCH3 is 2. The van der Waals surface area contributed by atoms with E-state index in [1.54, 1.807) is 24.3 Å². The van der Waals surface area contributed by atoms with Crippen LogP contribution in [0.5, 0.6) is 11.5 Å². The standard InChI is InChI=1S/C17H16FNO5/c1-22-11-7-8-12(13(18)9-11)17(21)24-10-16(20)19-14-5-3-4-6-15(14)23-2/h3-9H,10H2,1-2H3,(H,19,20). The molecule has 0 fully saturated rings. The molecule has 2 aromatic rings. The SMILES string of the molecule is COc1ccc(C(=O)OCC(=O)Nc2ccccc2OC)c(F)c1. The highest BCUT2D eigenvalue weighted by Gasteiger charge is 2.16. The molecule has 0 heterocycles. The number of amides is 1. The van der Waals surface area contributed by atoms with Crippen LogP contribution in [-0.2, 0) is 9.53 Å². The van der Waals surface area contributed by atoms with Gasteiger partial charge in [-0.25, -0.2) is 9.18 Å². The van der Waals surface area contributed by atoms with Crippen LogP contribution in [0.3, 0.4) is 0 Å². The molecule has 2 aromatic carbocycles. The molecule has 24 heavy (non-hydrogen) atoms. The smallest absolute Gasteiger partial charge is 0.341 e. The van der Waals surface area contributed by atoms with Crippen LogP contribution < -0.4 is 14.8 Å². The van der Waals surface area contributed by atoms with Crippen molar-refractivity contribution in [2.24, 2.45) is 0 Å². The number of carbonyl (C=O) groups excluding carboxylic acids is 2. The zero-order valence-electron chi connectivity index (χ0n) is 13.2. The van der Waals surface area contributed by atoms with Crippen molar-refractivity contribution >= 4 is 17.6 Å². The second-order valence-corrected chi connectivity index (χ2v) is 4.67. The zero-order valence-corrected chi connectivity index (χ0v) is 13.2. The van der Waals surface area contributed by atoms with Crippen molar-refractivity contribution < 1.29 is 28.2 Å². The highest BCUT2D eigenvalue weighted by Crippen LogP contribution is 2.23. The first-order chi connectivity index (χ1) is 11.5. The maximum Gasteiger partial charge on any atom is 0.341 e. The topological polar surface area (TPSA) is 73.9 Å². The van der Waals surface area contributed by atoms with Gasteiger partial charge in [-0.05, 0) is 24.3 Å². The first-order valence-corrected chi connectivity index (χ1v) is 6.98. The molecule has 0 radical (unpaired) electrons. The molecule has 2 rings (SSSR count). The second-order valence-electron chi connectivity index (χ2n) is 4.67. The van der Waals surface area contributed by atoms with Gasteiger partial charge < -0.3 is 19.5 Å². The first kappa shape index (κ1) is 17.3. The van der Waals surface area contributed by atoms with Crippen LogP contribution in [0, 0.1) is 5.82 Å². The van der Waals surface area contributed by atoms with Crippen molar-refractivity contribution in [3.63, 3.8) is 0 Å². The summed E-state index contributed by atoms with van der Waals surface area (Å²) in [7, 11) is 2.85. The average molecular weight is 333 g/mol. The number of hydrogen-bond acceptors (Lipinski definition) is 5. The fourth-order valence-electron chi connectivity index (χ4n) is 1.93. The summed E-state index contributed by atoms with van der Waals surface area (Å²) in [5, 5.41) is 2.55. The number of hydrogen-bond donors (Lipinski definition) is 1. The largest absolute Gasteiger partial charge is 0.497 e. The predicted molar refractivity (Wildman–Crippen MR) is 84.9 cm³/mol. The minimum Gasteiger partial charge on any atom is -0.497 e. The Labute approximate surface area is 138 Å². The van der Waals surface area contributed by atoms with Gasteiger partial charge in [-0.1, -0.05) is 12.1 Å². The lowest BCUT2D eigenvalue weighted by atomic mass is 10.2. The number of para-hydroxylation sites is 2. The molecular formula is C17H16FNO5. The number of carbonyl (C=O) groups is 2. The van der Waals surface area contributed by atoms with Crippen molar-refractivity contribution in [2.75, 3.05) is 26.1 Å². The average Bonchev–Trinajstić information content (AvgIpc) is 2.60.